The lowest BCUT2D eigenvalue weighted by Gasteiger charge is -2.25. The summed E-state index contributed by atoms with van der Waals surface area (Å²) in [6.45, 7) is 3.72. The molecule has 0 radical (unpaired) electrons. The number of amides is 5. The molecule has 5 amide bonds. The fraction of sp³-hybridized carbons (Fsp3) is 0.700. The summed E-state index contributed by atoms with van der Waals surface area (Å²) in [7, 11) is 0. The van der Waals surface area contributed by atoms with Crippen LogP contribution in [0, 0.1) is 5.92 Å². The summed E-state index contributed by atoms with van der Waals surface area (Å²) < 4.78 is 0. The quantitative estimate of drug-likeness (QED) is 0.0957. The van der Waals surface area contributed by atoms with Crippen LogP contribution in [0.3, 0.4) is 0 Å². The van der Waals surface area contributed by atoms with E-state index in [0.29, 0.717) is 19.4 Å². The number of aliphatic carboxylic acids is 1. The molecule has 0 aliphatic heterocycles. The topological polar surface area (TPSA) is 263 Å². The molecule has 0 aromatic carbocycles. The van der Waals surface area contributed by atoms with Crippen molar-refractivity contribution in [2.75, 3.05) is 6.54 Å². The highest BCUT2D eigenvalue weighted by molar-refractivity contribution is 5.96. The van der Waals surface area contributed by atoms with Crippen molar-refractivity contribution >= 4 is 35.5 Å². The zero-order valence-corrected chi connectivity index (χ0v) is 19.5. The van der Waals surface area contributed by atoms with Crippen LogP contribution in [0.15, 0.2) is 0 Å². The van der Waals surface area contributed by atoms with Gasteiger partial charge in [-0.15, -0.1) is 0 Å². The van der Waals surface area contributed by atoms with E-state index < -0.39 is 66.1 Å². The van der Waals surface area contributed by atoms with E-state index in [0.717, 1.165) is 0 Å². The maximum atomic E-state index is 12.8. The largest absolute Gasteiger partial charge is 0.480 e. The first-order chi connectivity index (χ1) is 15.8. The van der Waals surface area contributed by atoms with Crippen molar-refractivity contribution in [2.45, 2.75) is 76.5 Å². The number of primary amides is 2. The summed E-state index contributed by atoms with van der Waals surface area (Å²) in [5.41, 5.74) is 21.5. The first-order valence-electron chi connectivity index (χ1n) is 11.0. The molecular formula is C20H37N7O7. The number of hydrogen-bond acceptors (Lipinski definition) is 8. The number of carbonyl (C=O) groups excluding carboxylic acids is 5. The molecule has 4 atom stereocenters. The van der Waals surface area contributed by atoms with Gasteiger partial charge in [0.15, 0.2) is 0 Å². The van der Waals surface area contributed by atoms with Crippen molar-refractivity contribution in [1.82, 2.24) is 16.0 Å². The number of nitrogens with one attached hydrogen (secondary N) is 3. The minimum Gasteiger partial charge on any atom is -0.480 e. The third kappa shape index (κ3) is 12.1. The molecule has 194 valence electrons. The van der Waals surface area contributed by atoms with Crippen LogP contribution in [0.25, 0.3) is 0 Å². The second kappa shape index (κ2) is 15.6. The van der Waals surface area contributed by atoms with Gasteiger partial charge in [-0.2, -0.15) is 0 Å². The van der Waals surface area contributed by atoms with Crippen LogP contribution in [0.5, 0.6) is 0 Å². The lowest BCUT2D eigenvalue weighted by atomic mass is 10.0. The Balaban J connectivity index is 5.55. The molecular weight excluding hydrogens is 450 g/mol. The van der Waals surface area contributed by atoms with Crippen LogP contribution in [0.2, 0.25) is 0 Å². The highest BCUT2D eigenvalue weighted by atomic mass is 16.4. The molecule has 14 nitrogen and oxygen atoms in total. The number of nitrogens with two attached hydrogens (primary N) is 4. The first-order valence-corrected chi connectivity index (χ1v) is 11.0. The van der Waals surface area contributed by atoms with Gasteiger partial charge in [-0.05, 0) is 38.1 Å². The van der Waals surface area contributed by atoms with E-state index in [-0.39, 0.29) is 25.2 Å². The predicted octanol–water partition coefficient (Wildman–Crippen LogP) is -3.22. The van der Waals surface area contributed by atoms with E-state index in [1.807, 2.05) is 0 Å². The highest BCUT2D eigenvalue weighted by Crippen LogP contribution is 2.06. The predicted molar refractivity (Wildman–Crippen MR) is 121 cm³/mol. The third-order valence-electron chi connectivity index (χ3n) is 4.93. The van der Waals surface area contributed by atoms with Crippen LogP contribution in [0.1, 0.15) is 52.4 Å². The lowest BCUT2D eigenvalue weighted by molar-refractivity contribution is -0.142. The van der Waals surface area contributed by atoms with Crippen molar-refractivity contribution in [3.8, 4) is 0 Å². The molecule has 0 aliphatic carbocycles. The number of carboxylic acids is 1. The van der Waals surface area contributed by atoms with Gasteiger partial charge >= 0.3 is 5.97 Å². The SMILES string of the molecule is CC(C)C(N)C(=O)NC(CC(N)=O)C(=O)NC(CCC(N)=O)C(=O)NC(CCCCN)C(=O)O. The van der Waals surface area contributed by atoms with E-state index in [9.17, 15) is 33.9 Å². The normalized spacial score (nSPS) is 14.4. The molecule has 0 spiro atoms. The smallest absolute Gasteiger partial charge is 0.326 e. The number of hydrogen-bond donors (Lipinski definition) is 8. The fourth-order valence-corrected chi connectivity index (χ4v) is 2.83. The van der Waals surface area contributed by atoms with Gasteiger partial charge in [-0.25, -0.2) is 4.79 Å². The van der Waals surface area contributed by atoms with Gasteiger partial charge in [-0.1, -0.05) is 13.8 Å². The van der Waals surface area contributed by atoms with Gasteiger partial charge in [0.2, 0.25) is 29.5 Å². The molecule has 0 saturated carbocycles. The maximum Gasteiger partial charge on any atom is 0.326 e. The van der Waals surface area contributed by atoms with Gasteiger partial charge in [0.1, 0.15) is 18.1 Å². The molecule has 0 aromatic heterocycles. The molecule has 0 rings (SSSR count). The van der Waals surface area contributed by atoms with Crippen molar-refractivity contribution in [3.05, 3.63) is 0 Å². The lowest BCUT2D eigenvalue weighted by Crippen LogP contribution is -2.58. The molecule has 34 heavy (non-hydrogen) atoms. The summed E-state index contributed by atoms with van der Waals surface area (Å²) in [5.74, 6) is -5.73. The van der Waals surface area contributed by atoms with Crippen molar-refractivity contribution in [1.29, 1.82) is 0 Å². The molecule has 0 saturated heterocycles. The monoisotopic (exact) mass is 487 g/mol. The average molecular weight is 488 g/mol. The van der Waals surface area contributed by atoms with Gasteiger partial charge in [0.25, 0.3) is 0 Å². The second-order valence-corrected chi connectivity index (χ2v) is 8.25. The van der Waals surface area contributed by atoms with Crippen LogP contribution in [0.4, 0.5) is 0 Å². The van der Waals surface area contributed by atoms with E-state index in [1.165, 1.54) is 0 Å². The molecule has 4 unspecified atom stereocenters. The zero-order valence-electron chi connectivity index (χ0n) is 19.5. The average Bonchev–Trinajstić information content (AvgIpc) is 2.73. The summed E-state index contributed by atoms with van der Waals surface area (Å²) >= 11 is 0. The van der Waals surface area contributed by atoms with E-state index in [4.69, 9.17) is 22.9 Å². The number of rotatable bonds is 17. The van der Waals surface area contributed by atoms with Crippen LogP contribution in [-0.2, 0) is 28.8 Å². The van der Waals surface area contributed by atoms with E-state index >= 15 is 0 Å². The minimum absolute atomic E-state index is 0.0994. The van der Waals surface area contributed by atoms with Gasteiger partial charge in [-0.3, -0.25) is 24.0 Å². The summed E-state index contributed by atoms with van der Waals surface area (Å²) in [6, 6.07) is -5.04. The molecule has 0 bridgehead atoms. The Morgan fingerprint density at radius 2 is 1.29 bits per heavy atom. The first kappa shape index (κ1) is 30.7. The number of carbonyl (C=O) groups is 6. The standard InChI is InChI=1S/C20H37N7O7/c1-10(2)16(24)19(32)27-13(9-15(23)29)18(31)25-11(6-7-14(22)28)17(30)26-12(20(33)34)5-3-4-8-21/h10-13,16H,3-9,21,24H2,1-2H3,(H2,22,28)(H2,23,29)(H,25,31)(H,26,30)(H,27,32)(H,33,34). The Hall–Kier alpha value is -3.26. The minimum atomic E-state index is -1.45. The van der Waals surface area contributed by atoms with Crippen LogP contribution < -0.4 is 38.9 Å². The summed E-state index contributed by atoms with van der Waals surface area (Å²) in [6.07, 6.45) is -0.0336. The Bertz CT molecular complexity index is 745. The number of carboxylic acid groups (broad SMARTS) is 1. The third-order valence-corrected chi connectivity index (χ3v) is 4.93. The molecule has 14 heteroatoms. The Labute approximate surface area is 197 Å². The van der Waals surface area contributed by atoms with Gasteiger partial charge < -0.3 is 44.0 Å². The maximum absolute atomic E-state index is 12.8. The van der Waals surface area contributed by atoms with Gasteiger partial charge in [0.05, 0.1) is 12.5 Å². The summed E-state index contributed by atoms with van der Waals surface area (Å²) in [5, 5.41) is 16.3. The Morgan fingerprint density at radius 3 is 1.76 bits per heavy atom. The molecule has 0 aromatic rings. The number of unbranched alkanes of at least 4 members (excludes halogenated alkanes) is 1. The zero-order chi connectivity index (χ0) is 26.4. The van der Waals surface area contributed by atoms with Gasteiger partial charge in [0, 0.05) is 6.42 Å². The van der Waals surface area contributed by atoms with Crippen LogP contribution >= 0.6 is 0 Å². The van der Waals surface area contributed by atoms with E-state index in [1.54, 1.807) is 13.8 Å². The molecule has 12 N–H and O–H groups in total. The van der Waals surface area contributed by atoms with Crippen molar-refractivity contribution < 1.29 is 33.9 Å². The van der Waals surface area contributed by atoms with E-state index in [2.05, 4.69) is 16.0 Å². The molecule has 0 heterocycles. The molecule has 0 aliphatic rings. The summed E-state index contributed by atoms with van der Waals surface area (Å²) in [4.78, 5) is 71.9. The van der Waals surface area contributed by atoms with Crippen molar-refractivity contribution in [3.63, 3.8) is 0 Å². The second-order valence-electron chi connectivity index (χ2n) is 8.25. The highest BCUT2D eigenvalue weighted by Gasteiger charge is 2.31. The Kier molecular flexibility index (Phi) is 14.1. The van der Waals surface area contributed by atoms with Crippen molar-refractivity contribution in [2.24, 2.45) is 28.9 Å². The molecule has 0 fully saturated rings. The fourth-order valence-electron chi connectivity index (χ4n) is 2.83. The van der Waals surface area contributed by atoms with Crippen LogP contribution in [-0.4, -0.2) is 71.3 Å². The Morgan fingerprint density at radius 1 is 0.765 bits per heavy atom.